The molecule has 0 aromatic heterocycles. The molecule has 1 rings (SSSR count). The summed E-state index contributed by atoms with van der Waals surface area (Å²) in [6.07, 6.45) is -1.39. The number of carbonyl (C=O) groups is 1. The van der Waals surface area contributed by atoms with Crippen LogP contribution in [0.5, 0.6) is 0 Å². The first kappa shape index (κ1) is 9.80. The Morgan fingerprint density at radius 2 is 2.31 bits per heavy atom. The molecule has 0 unspecified atom stereocenters. The van der Waals surface area contributed by atoms with Crippen molar-refractivity contribution in [3.8, 4) is 0 Å². The highest BCUT2D eigenvalue weighted by atomic mass is 35.5. The van der Waals surface area contributed by atoms with Crippen molar-refractivity contribution in [1.82, 2.24) is 0 Å². The normalized spacial score (nSPS) is 9.69. The molecule has 5 heteroatoms. The minimum absolute atomic E-state index is 0.000856. The molecule has 70 valence electrons. The van der Waals surface area contributed by atoms with Crippen LogP contribution in [0.3, 0.4) is 0 Å². The Kier molecular flexibility index (Phi) is 3.08. The number of hydrogen-bond acceptors (Lipinski definition) is 2. The van der Waals surface area contributed by atoms with Gasteiger partial charge in [0.05, 0.1) is 5.02 Å². The molecule has 0 atom stereocenters. The van der Waals surface area contributed by atoms with Crippen LogP contribution in [0.4, 0.5) is 9.18 Å². The fourth-order valence-corrected chi connectivity index (χ4v) is 0.892. The smallest absolute Gasteiger partial charge is 0.450 e. The van der Waals surface area contributed by atoms with Crippen molar-refractivity contribution < 1.29 is 19.0 Å². The molecule has 13 heavy (non-hydrogen) atoms. The molecule has 1 N–H and O–H groups in total. The van der Waals surface area contributed by atoms with Crippen LogP contribution in [0.15, 0.2) is 18.2 Å². The van der Waals surface area contributed by atoms with E-state index in [-0.39, 0.29) is 11.6 Å². The van der Waals surface area contributed by atoms with Gasteiger partial charge in [-0.1, -0.05) is 17.7 Å². The van der Waals surface area contributed by atoms with Crippen LogP contribution in [0.2, 0.25) is 5.02 Å². The summed E-state index contributed by atoms with van der Waals surface area (Å²) in [7, 11) is 0. The Balaban J connectivity index is 2.68. The van der Waals surface area contributed by atoms with Crippen molar-refractivity contribution in [1.29, 1.82) is 0 Å². The van der Waals surface area contributed by atoms with Gasteiger partial charge in [-0.25, -0.2) is 9.18 Å². The monoisotopic (exact) mass is 204 g/mol. The van der Waals surface area contributed by atoms with Crippen molar-refractivity contribution in [3.05, 3.63) is 34.6 Å². The van der Waals surface area contributed by atoms with Gasteiger partial charge in [0.15, 0.2) is 0 Å². The standard InChI is InChI=1S/C8H6ClFO3/c9-6-2-1-5(3-7(6)10)4-13-8(11)12/h1-3H,4H2,(H,11,12). The van der Waals surface area contributed by atoms with Crippen LogP contribution in [-0.2, 0) is 11.3 Å². The molecule has 0 saturated heterocycles. The van der Waals surface area contributed by atoms with Gasteiger partial charge in [-0.05, 0) is 17.7 Å². The van der Waals surface area contributed by atoms with Gasteiger partial charge in [0, 0.05) is 0 Å². The third-order valence-corrected chi connectivity index (χ3v) is 1.65. The molecule has 0 bridgehead atoms. The minimum atomic E-state index is -1.39. The lowest BCUT2D eigenvalue weighted by atomic mass is 10.2. The SMILES string of the molecule is O=C(O)OCc1ccc(Cl)c(F)c1. The zero-order chi connectivity index (χ0) is 9.84. The summed E-state index contributed by atoms with van der Waals surface area (Å²) in [5.74, 6) is -0.590. The van der Waals surface area contributed by atoms with Crippen molar-refractivity contribution >= 4 is 17.8 Å². The zero-order valence-electron chi connectivity index (χ0n) is 6.46. The van der Waals surface area contributed by atoms with Gasteiger partial charge < -0.3 is 9.84 Å². The minimum Gasteiger partial charge on any atom is -0.450 e. The highest BCUT2D eigenvalue weighted by Crippen LogP contribution is 2.15. The predicted octanol–water partition coefficient (Wildman–Crippen LogP) is 2.67. The number of ether oxygens (including phenoxy) is 1. The van der Waals surface area contributed by atoms with Gasteiger partial charge in [0.1, 0.15) is 12.4 Å². The second-order valence-corrected chi connectivity index (χ2v) is 2.71. The fraction of sp³-hybridized carbons (Fsp3) is 0.125. The lowest BCUT2D eigenvalue weighted by Gasteiger charge is -2.01. The van der Waals surface area contributed by atoms with E-state index < -0.39 is 12.0 Å². The Hall–Kier alpha value is -1.29. The molecule has 0 aliphatic carbocycles. The van der Waals surface area contributed by atoms with E-state index in [1.807, 2.05) is 0 Å². The van der Waals surface area contributed by atoms with E-state index in [2.05, 4.69) is 4.74 Å². The number of halogens is 2. The van der Waals surface area contributed by atoms with Crippen molar-refractivity contribution in [2.75, 3.05) is 0 Å². The van der Waals surface area contributed by atoms with Crippen LogP contribution < -0.4 is 0 Å². The third kappa shape index (κ3) is 2.91. The molecular formula is C8H6ClFO3. The van der Waals surface area contributed by atoms with Crippen LogP contribution in [0, 0.1) is 5.82 Å². The topological polar surface area (TPSA) is 46.5 Å². The fourth-order valence-electron chi connectivity index (χ4n) is 0.774. The quantitative estimate of drug-likeness (QED) is 0.754. The number of benzene rings is 1. The lowest BCUT2D eigenvalue weighted by Crippen LogP contribution is -2.00. The summed E-state index contributed by atoms with van der Waals surface area (Å²) in [5.41, 5.74) is 0.421. The van der Waals surface area contributed by atoms with E-state index in [1.165, 1.54) is 12.1 Å². The molecule has 0 amide bonds. The summed E-state index contributed by atoms with van der Waals surface area (Å²) in [4.78, 5) is 9.98. The molecule has 1 aromatic carbocycles. The Morgan fingerprint density at radius 3 is 2.85 bits per heavy atom. The molecule has 0 aliphatic heterocycles. The summed E-state index contributed by atoms with van der Waals surface area (Å²) < 4.78 is 17.0. The van der Waals surface area contributed by atoms with E-state index in [4.69, 9.17) is 16.7 Å². The Morgan fingerprint density at radius 1 is 1.62 bits per heavy atom. The van der Waals surface area contributed by atoms with Crippen LogP contribution >= 0.6 is 11.6 Å². The molecule has 3 nitrogen and oxygen atoms in total. The first-order chi connectivity index (χ1) is 6.09. The third-order valence-electron chi connectivity index (χ3n) is 1.35. The number of rotatable bonds is 2. The molecule has 0 spiro atoms. The van der Waals surface area contributed by atoms with Crippen LogP contribution in [0.25, 0.3) is 0 Å². The van der Waals surface area contributed by atoms with E-state index >= 15 is 0 Å². The predicted molar refractivity (Wildman–Crippen MR) is 44.2 cm³/mol. The first-order valence-corrected chi connectivity index (χ1v) is 3.77. The van der Waals surface area contributed by atoms with E-state index in [1.54, 1.807) is 0 Å². The maximum absolute atomic E-state index is 12.8. The van der Waals surface area contributed by atoms with E-state index in [0.29, 0.717) is 5.56 Å². The number of hydrogen-bond donors (Lipinski definition) is 1. The largest absolute Gasteiger partial charge is 0.506 e. The molecule has 0 aliphatic rings. The van der Waals surface area contributed by atoms with Gasteiger partial charge >= 0.3 is 6.16 Å². The average Bonchev–Trinajstić information content (AvgIpc) is 2.07. The van der Waals surface area contributed by atoms with Gasteiger partial charge in [-0.2, -0.15) is 0 Å². The molecule has 0 saturated carbocycles. The van der Waals surface area contributed by atoms with Gasteiger partial charge in [-0.3, -0.25) is 0 Å². The maximum atomic E-state index is 12.8. The molecule has 0 heterocycles. The van der Waals surface area contributed by atoms with Gasteiger partial charge in [0.2, 0.25) is 0 Å². The zero-order valence-corrected chi connectivity index (χ0v) is 7.21. The first-order valence-electron chi connectivity index (χ1n) is 3.39. The summed E-state index contributed by atoms with van der Waals surface area (Å²) in [6, 6.07) is 3.97. The molecule has 0 radical (unpaired) electrons. The second kappa shape index (κ2) is 4.09. The van der Waals surface area contributed by atoms with Crippen LogP contribution in [0.1, 0.15) is 5.56 Å². The van der Waals surface area contributed by atoms with Crippen LogP contribution in [-0.4, -0.2) is 11.3 Å². The summed E-state index contributed by atoms with van der Waals surface area (Å²) in [5, 5.41) is 8.16. The average molecular weight is 205 g/mol. The molecular weight excluding hydrogens is 199 g/mol. The van der Waals surface area contributed by atoms with E-state index in [9.17, 15) is 9.18 Å². The van der Waals surface area contributed by atoms with Crippen molar-refractivity contribution in [2.45, 2.75) is 6.61 Å². The van der Waals surface area contributed by atoms with Crippen molar-refractivity contribution in [3.63, 3.8) is 0 Å². The van der Waals surface area contributed by atoms with E-state index in [0.717, 1.165) is 6.07 Å². The highest BCUT2D eigenvalue weighted by molar-refractivity contribution is 6.30. The Labute approximate surface area is 78.7 Å². The Bertz CT molecular complexity index is 327. The maximum Gasteiger partial charge on any atom is 0.506 e. The summed E-state index contributed by atoms with van der Waals surface area (Å²) >= 11 is 5.41. The number of carboxylic acid groups (broad SMARTS) is 1. The lowest BCUT2D eigenvalue weighted by molar-refractivity contribution is 0.0853. The molecule has 1 aromatic rings. The van der Waals surface area contributed by atoms with Gasteiger partial charge in [-0.15, -0.1) is 0 Å². The molecule has 0 fully saturated rings. The second-order valence-electron chi connectivity index (χ2n) is 2.30. The highest BCUT2D eigenvalue weighted by Gasteiger charge is 2.02. The van der Waals surface area contributed by atoms with Gasteiger partial charge in [0.25, 0.3) is 0 Å². The summed E-state index contributed by atoms with van der Waals surface area (Å²) in [6.45, 7) is -0.177. The van der Waals surface area contributed by atoms with Crippen molar-refractivity contribution in [2.24, 2.45) is 0 Å².